The predicted octanol–water partition coefficient (Wildman–Crippen LogP) is 4.53. The molecule has 3 aromatic rings. The van der Waals surface area contributed by atoms with Crippen molar-refractivity contribution in [1.29, 1.82) is 0 Å². The number of halogens is 1. The number of carbonyl (C=O) groups is 2. The number of benzene rings is 1. The molecule has 1 fully saturated rings. The Morgan fingerprint density at radius 3 is 2.69 bits per heavy atom. The number of pyridine rings is 1. The quantitative estimate of drug-likeness (QED) is 0.566. The summed E-state index contributed by atoms with van der Waals surface area (Å²) in [6.45, 7) is 3.29. The summed E-state index contributed by atoms with van der Waals surface area (Å²) in [5, 5.41) is 2.28. The lowest BCUT2D eigenvalue weighted by Crippen LogP contribution is -2.40. The SMILES string of the molecule is CCOC(=O)C1CCN(C(=O)c2cc3cc4ccc(OC)c(Cl)c4nc3s2)CC1. The Balaban J connectivity index is 1.56. The lowest BCUT2D eigenvalue weighted by molar-refractivity contribution is -0.149. The van der Waals surface area contributed by atoms with Gasteiger partial charge in [0.25, 0.3) is 5.91 Å². The Labute approximate surface area is 177 Å². The molecule has 1 aliphatic heterocycles. The van der Waals surface area contributed by atoms with E-state index in [1.807, 2.05) is 24.3 Å². The van der Waals surface area contributed by atoms with Crippen molar-refractivity contribution in [3.05, 3.63) is 34.2 Å². The number of amides is 1. The molecule has 0 atom stereocenters. The van der Waals surface area contributed by atoms with E-state index in [1.165, 1.54) is 11.3 Å². The molecule has 0 spiro atoms. The van der Waals surface area contributed by atoms with Gasteiger partial charge in [-0.2, -0.15) is 0 Å². The van der Waals surface area contributed by atoms with E-state index in [9.17, 15) is 9.59 Å². The fourth-order valence-electron chi connectivity index (χ4n) is 3.64. The molecule has 0 bridgehead atoms. The fraction of sp³-hybridized carbons (Fsp3) is 0.381. The number of likely N-dealkylation sites (tertiary alicyclic amines) is 1. The van der Waals surface area contributed by atoms with Gasteiger partial charge >= 0.3 is 5.97 Å². The second-order valence-electron chi connectivity index (χ2n) is 6.97. The normalized spacial score (nSPS) is 15.1. The Morgan fingerprint density at radius 2 is 2.00 bits per heavy atom. The van der Waals surface area contributed by atoms with Crippen LogP contribution in [0.15, 0.2) is 24.3 Å². The van der Waals surface area contributed by atoms with Crippen LogP contribution in [0.3, 0.4) is 0 Å². The summed E-state index contributed by atoms with van der Waals surface area (Å²) in [6.07, 6.45) is 1.26. The summed E-state index contributed by atoms with van der Waals surface area (Å²) < 4.78 is 10.4. The number of nitrogens with zero attached hydrogens (tertiary/aromatic N) is 2. The van der Waals surface area contributed by atoms with Gasteiger partial charge in [-0.25, -0.2) is 4.98 Å². The van der Waals surface area contributed by atoms with Crippen molar-refractivity contribution in [2.45, 2.75) is 19.8 Å². The molecule has 0 N–H and O–H groups in total. The first-order chi connectivity index (χ1) is 14.0. The Kier molecular flexibility index (Phi) is 5.61. The van der Waals surface area contributed by atoms with Crippen LogP contribution in [-0.2, 0) is 9.53 Å². The summed E-state index contributed by atoms with van der Waals surface area (Å²) in [5.74, 6) is 0.265. The van der Waals surface area contributed by atoms with Gasteiger partial charge in [-0.1, -0.05) is 11.6 Å². The summed E-state index contributed by atoms with van der Waals surface area (Å²) in [6, 6.07) is 7.59. The van der Waals surface area contributed by atoms with E-state index in [0.717, 1.165) is 15.6 Å². The van der Waals surface area contributed by atoms with E-state index >= 15 is 0 Å². The molecule has 0 aliphatic carbocycles. The van der Waals surface area contributed by atoms with Crippen LogP contribution in [0.2, 0.25) is 5.02 Å². The Bertz CT molecular complexity index is 1090. The number of hydrogen-bond acceptors (Lipinski definition) is 6. The molecule has 4 rings (SSSR count). The van der Waals surface area contributed by atoms with Gasteiger partial charge in [0.15, 0.2) is 0 Å². The molecule has 0 saturated carbocycles. The van der Waals surface area contributed by atoms with E-state index in [1.54, 1.807) is 18.9 Å². The predicted molar refractivity (Wildman–Crippen MR) is 114 cm³/mol. The van der Waals surface area contributed by atoms with Crippen LogP contribution in [0.5, 0.6) is 5.75 Å². The smallest absolute Gasteiger partial charge is 0.309 e. The second kappa shape index (κ2) is 8.16. The molecule has 8 heteroatoms. The first-order valence-electron chi connectivity index (χ1n) is 9.54. The van der Waals surface area contributed by atoms with E-state index in [4.69, 9.17) is 21.1 Å². The molecule has 1 aromatic carbocycles. The van der Waals surface area contributed by atoms with Crippen molar-refractivity contribution < 1.29 is 19.1 Å². The molecule has 152 valence electrons. The van der Waals surface area contributed by atoms with Crippen molar-refractivity contribution >= 4 is 55.9 Å². The number of ether oxygens (including phenoxy) is 2. The third-order valence-electron chi connectivity index (χ3n) is 5.21. The van der Waals surface area contributed by atoms with Crippen LogP contribution >= 0.6 is 22.9 Å². The molecule has 1 aliphatic rings. The average molecular weight is 433 g/mol. The van der Waals surface area contributed by atoms with Crippen LogP contribution in [-0.4, -0.2) is 48.6 Å². The summed E-state index contributed by atoms with van der Waals surface area (Å²) in [5.41, 5.74) is 0.662. The maximum absolute atomic E-state index is 13.0. The molecule has 2 aromatic heterocycles. The van der Waals surface area contributed by atoms with Crippen molar-refractivity contribution in [2.24, 2.45) is 5.92 Å². The van der Waals surface area contributed by atoms with Gasteiger partial charge in [-0.3, -0.25) is 9.59 Å². The topological polar surface area (TPSA) is 68.7 Å². The van der Waals surface area contributed by atoms with E-state index < -0.39 is 0 Å². The number of rotatable bonds is 4. The van der Waals surface area contributed by atoms with Gasteiger partial charge < -0.3 is 14.4 Å². The maximum atomic E-state index is 13.0. The van der Waals surface area contributed by atoms with Crippen molar-refractivity contribution in [3.8, 4) is 5.75 Å². The second-order valence-corrected chi connectivity index (χ2v) is 8.37. The highest BCUT2D eigenvalue weighted by Crippen LogP contribution is 2.35. The van der Waals surface area contributed by atoms with Gasteiger partial charge in [0.05, 0.1) is 30.0 Å². The van der Waals surface area contributed by atoms with E-state index in [2.05, 4.69) is 4.98 Å². The van der Waals surface area contributed by atoms with Crippen molar-refractivity contribution in [3.63, 3.8) is 0 Å². The van der Waals surface area contributed by atoms with Crippen LogP contribution in [0.1, 0.15) is 29.4 Å². The molecule has 0 unspecified atom stereocenters. The molecular weight excluding hydrogens is 412 g/mol. The number of esters is 1. The minimum atomic E-state index is -0.162. The number of thiophene rings is 1. The molecule has 6 nitrogen and oxygen atoms in total. The number of methoxy groups -OCH3 is 1. The minimum absolute atomic E-state index is 0.0250. The maximum Gasteiger partial charge on any atom is 0.309 e. The highest BCUT2D eigenvalue weighted by atomic mass is 35.5. The molecular formula is C21H21ClN2O4S. The minimum Gasteiger partial charge on any atom is -0.495 e. The number of fused-ring (bicyclic) bond motifs is 2. The first kappa shape index (κ1) is 19.9. The third-order valence-corrected chi connectivity index (χ3v) is 6.61. The van der Waals surface area contributed by atoms with Crippen LogP contribution in [0, 0.1) is 5.92 Å². The molecule has 1 amide bonds. The molecule has 0 radical (unpaired) electrons. The Hall–Kier alpha value is -2.38. The first-order valence-corrected chi connectivity index (χ1v) is 10.7. The van der Waals surface area contributed by atoms with Gasteiger partial charge in [-0.05, 0) is 44.0 Å². The lowest BCUT2D eigenvalue weighted by atomic mass is 9.97. The zero-order valence-corrected chi connectivity index (χ0v) is 17.8. The Morgan fingerprint density at radius 1 is 1.24 bits per heavy atom. The monoisotopic (exact) mass is 432 g/mol. The zero-order chi connectivity index (χ0) is 20.5. The van der Waals surface area contributed by atoms with Gasteiger partial charge in [-0.15, -0.1) is 11.3 Å². The summed E-state index contributed by atoms with van der Waals surface area (Å²) in [7, 11) is 1.57. The summed E-state index contributed by atoms with van der Waals surface area (Å²) >= 11 is 7.76. The van der Waals surface area contributed by atoms with Gasteiger partial charge in [0, 0.05) is 23.9 Å². The standard InChI is InChI=1S/C21H21ClN2O4S/c1-3-28-21(26)12-6-8-24(9-7-12)20(25)16-11-14-10-13-4-5-15(27-2)17(22)18(13)23-19(14)29-16/h4-5,10-12H,3,6-9H2,1-2H3. The zero-order valence-electron chi connectivity index (χ0n) is 16.2. The molecule has 1 saturated heterocycles. The molecule has 29 heavy (non-hydrogen) atoms. The summed E-state index contributed by atoms with van der Waals surface area (Å²) in [4.78, 5) is 32.7. The van der Waals surface area contributed by atoms with Crippen LogP contribution in [0.25, 0.3) is 21.1 Å². The van der Waals surface area contributed by atoms with Crippen molar-refractivity contribution in [1.82, 2.24) is 9.88 Å². The van der Waals surface area contributed by atoms with E-state index in [-0.39, 0.29) is 17.8 Å². The number of piperidine rings is 1. The average Bonchev–Trinajstić information content (AvgIpc) is 3.15. The lowest BCUT2D eigenvalue weighted by Gasteiger charge is -2.30. The molecule has 3 heterocycles. The third kappa shape index (κ3) is 3.76. The van der Waals surface area contributed by atoms with Gasteiger partial charge in [0.1, 0.15) is 15.6 Å². The number of carbonyl (C=O) groups excluding carboxylic acids is 2. The largest absolute Gasteiger partial charge is 0.495 e. The van der Waals surface area contributed by atoms with Crippen LogP contribution in [0.4, 0.5) is 0 Å². The van der Waals surface area contributed by atoms with E-state index in [0.29, 0.717) is 53.7 Å². The number of aromatic nitrogens is 1. The van der Waals surface area contributed by atoms with Crippen LogP contribution < -0.4 is 4.74 Å². The highest BCUT2D eigenvalue weighted by molar-refractivity contribution is 7.20. The number of hydrogen-bond donors (Lipinski definition) is 0. The fourth-order valence-corrected chi connectivity index (χ4v) is 4.92. The van der Waals surface area contributed by atoms with Gasteiger partial charge in [0.2, 0.25) is 0 Å². The van der Waals surface area contributed by atoms with Crippen molar-refractivity contribution in [2.75, 3.05) is 26.8 Å². The highest BCUT2D eigenvalue weighted by Gasteiger charge is 2.29.